The second-order valence-corrected chi connectivity index (χ2v) is 14.5. The number of likely N-dealkylation sites (tertiary alicyclic amines) is 1. The third-order valence-electron chi connectivity index (χ3n) is 8.48. The highest BCUT2D eigenvalue weighted by Gasteiger charge is 2.34. The molecule has 3 aromatic rings. The molecule has 0 aliphatic carbocycles. The van der Waals surface area contributed by atoms with Gasteiger partial charge in [-0.05, 0) is 87.5 Å². The van der Waals surface area contributed by atoms with Crippen LogP contribution in [0.2, 0.25) is 0 Å². The molecule has 2 atom stereocenters. The quantitative estimate of drug-likeness (QED) is 0.300. The van der Waals surface area contributed by atoms with E-state index in [0.29, 0.717) is 42.6 Å². The van der Waals surface area contributed by atoms with Gasteiger partial charge in [0, 0.05) is 18.5 Å². The molecule has 2 saturated heterocycles. The van der Waals surface area contributed by atoms with Crippen molar-refractivity contribution in [2.75, 3.05) is 39.3 Å². The zero-order chi connectivity index (χ0) is 32.7. The molecule has 1 aromatic heterocycles. The number of piperidine rings is 1. The molecule has 5 rings (SSSR count). The minimum absolute atomic E-state index is 0.0627. The van der Waals surface area contributed by atoms with E-state index in [1.165, 1.54) is 31.4 Å². The van der Waals surface area contributed by atoms with Crippen LogP contribution in [0.15, 0.2) is 63.9 Å². The molecule has 2 aliphatic rings. The van der Waals surface area contributed by atoms with E-state index in [1.54, 1.807) is 30.3 Å². The third-order valence-corrected chi connectivity index (χ3v) is 10.3. The highest BCUT2D eigenvalue weighted by Crippen LogP contribution is 2.25. The number of ketones is 1. The van der Waals surface area contributed by atoms with Crippen LogP contribution in [-0.4, -0.2) is 86.6 Å². The number of Topliss-reactive ketones (excluding diaryl/α,β-unsaturated/α-hetero) is 1. The number of fused-ring (bicyclic) bond motifs is 1. The molecule has 2 aliphatic heterocycles. The standard InChI is InChI=1S/C34H44N4O7S/c1-24(2)20-29(33(40)35-28-12-9-17-38(23-30(28)39)46(42,43)27-10-5-3-6-11-27)36-34(41)32-22-25-21-26(13-14-31(25)45-32)44-19-18-37-15-7-4-8-16-37/h3,5-6,10-11,13-14,21-22,24,28-29H,4,7-9,12,15-20,23H2,1-2H3,(H,35,40)(H,36,41)/t28?,29-/m0/s1. The van der Waals surface area contributed by atoms with Crippen molar-refractivity contribution >= 4 is 38.6 Å². The Hall–Kier alpha value is -3.74. The van der Waals surface area contributed by atoms with E-state index < -0.39 is 39.7 Å². The van der Waals surface area contributed by atoms with Crippen LogP contribution in [-0.2, 0) is 19.6 Å². The first-order chi connectivity index (χ1) is 22.1. The van der Waals surface area contributed by atoms with E-state index in [1.807, 2.05) is 26.0 Å². The number of hydrogen-bond acceptors (Lipinski definition) is 8. The topological polar surface area (TPSA) is 138 Å². The summed E-state index contributed by atoms with van der Waals surface area (Å²) in [5.74, 6) is -0.622. The highest BCUT2D eigenvalue weighted by atomic mass is 32.2. The lowest BCUT2D eigenvalue weighted by molar-refractivity contribution is -0.129. The first-order valence-corrected chi connectivity index (χ1v) is 17.6. The summed E-state index contributed by atoms with van der Waals surface area (Å²) in [7, 11) is -3.85. The molecule has 3 heterocycles. The zero-order valence-corrected chi connectivity index (χ0v) is 27.4. The van der Waals surface area contributed by atoms with Gasteiger partial charge in [0.25, 0.3) is 5.91 Å². The van der Waals surface area contributed by atoms with Crippen molar-refractivity contribution in [3.05, 3.63) is 60.4 Å². The number of rotatable bonds is 12. The Labute approximate surface area is 270 Å². The molecule has 2 N–H and O–H groups in total. The van der Waals surface area contributed by atoms with Gasteiger partial charge in [0.15, 0.2) is 11.5 Å². The van der Waals surface area contributed by atoms with Crippen LogP contribution in [0.1, 0.15) is 62.9 Å². The predicted molar refractivity (Wildman–Crippen MR) is 174 cm³/mol. The van der Waals surface area contributed by atoms with E-state index in [0.717, 1.165) is 23.9 Å². The second kappa shape index (κ2) is 15.2. The number of nitrogens with one attached hydrogen (secondary N) is 2. The smallest absolute Gasteiger partial charge is 0.287 e. The Kier molecular flexibility index (Phi) is 11.1. The number of hydrogen-bond donors (Lipinski definition) is 2. The maximum atomic E-state index is 13.4. The van der Waals surface area contributed by atoms with Crippen LogP contribution in [0.3, 0.4) is 0 Å². The summed E-state index contributed by atoms with van der Waals surface area (Å²) < 4.78 is 39.2. The molecular formula is C34H44N4O7S. The maximum Gasteiger partial charge on any atom is 0.287 e. The fourth-order valence-electron chi connectivity index (χ4n) is 6.00. The van der Waals surface area contributed by atoms with Gasteiger partial charge >= 0.3 is 0 Å². The largest absolute Gasteiger partial charge is 0.492 e. The van der Waals surface area contributed by atoms with Crippen molar-refractivity contribution in [2.45, 2.75) is 69.4 Å². The number of sulfonamides is 1. The van der Waals surface area contributed by atoms with Crippen molar-refractivity contribution < 1.29 is 32.0 Å². The van der Waals surface area contributed by atoms with Crippen molar-refractivity contribution in [3.63, 3.8) is 0 Å². The van der Waals surface area contributed by atoms with Gasteiger partial charge in [-0.15, -0.1) is 0 Å². The van der Waals surface area contributed by atoms with Gasteiger partial charge in [0.2, 0.25) is 15.9 Å². The highest BCUT2D eigenvalue weighted by molar-refractivity contribution is 7.89. The molecule has 0 bridgehead atoms. The lowest BCUT2D eigenvalue weighted by atomic mass is 10.0. The van der Waals surface area contributed by atoms with Crippen LogP contribution < -0.4 is 15.4 Å². The molecule has 0 spiro atoms. The van der Waals surface area contributed by atoms with E-state index in [2.05, 4.69) is 15.5 Å². The zero-order valence-electron chi connectivity index (χ0n) is 26.6. The summed E-state index contributed by atoms with van der Waals surface area (Å²) in [5.41, 5.74) is 0.525. The normalized spacial score (nSPS) is 19.1. The number of benzene rings is 2. The van der Waals surface area contributed by atoms with Crippen molar-refractivity contribution in [3.8, 4) is 5.75 Å². The predicted octanol–water partition coefficient (Wildman–Crippen LogP) is 3.98. The number of nitrogens with zero attached hydrogens (tertiary/aromatic N) is 2. The molecule has 2 aromatic carbocycles. The average Bonchev–Trinajstić information content (AvgIpc) is 3.38. The summed E-state index contributed by atoms with van der Waals surface area (Å²) >= 11 is 0. The molecular weight excluding hydrogens is 608 g/mol. The van der Waals surface area contributed by atoms with Gasteiger partial charge in [-0.25, -0.2) is 8.42 Å². The SMILES string of the molecule is CC(C)C[C@H](NC(=O)c1cc2cc(OCCN3CCCCC3)ccc2o1)C(=O)NC1CCCN(S(=O)(=O)c2ccccc2)CC1=O. The van der Waals surface area contributed by atoms with E-state index in [-0.39, 0.29) is 29.7 Å². The maximum absolute atomic E-state index is 13.4. The Morgan fingerprint density at radius 1 is 1.00 bits per heavy atom. The van der Waals surface area contributed by atoms with Crippen LogP contribution in [0.25, 0.3) is 11.0 Å². The van der Waals surface area contributed by atoms with Gasteiger partial charge < -0.3 is 19.8 Å². The molecule has 1 unspecified atom stereocenters. The summed E-state index contributed by atoms with van der Waals surface area (Å²) in [6.07, 6.45) is 4.76. The molecule has 11 nitrogen and oxygen atoms in total. The van der Waals surface area contributed by atoms with Crippen LogP contribution >= 0.6 is 0 Å². The van der Waals surface area contributed by atoms with Crippen molar-refractivity contribution in [1.82, 2.24) is 19.8 Å². The molecule has 0 saturated carbocycles. The lowest BCUT2D eigenvalue weighted by Crippen LogP contribution is -2.52. The summed E-state index contributed by atoms with van der Waals surface area (Å²) in [5, 5.41) is 6.28. The number of ether oxygens (including phenoxy) is 1. The second-order valence-electron chi connectivity index (χ2n) is 12.5. The van der Waals surface area contributed by atoms with Gasteiger partial charge in [0.1, 0.15) is 24.0 Å². The molecule has 248 valence electrons. The fourth-order valence-corrected chi connectivity index (χ4v) is 7.46. The Bertz CT molecular complexity index is 1620. The van der Waals surface area contributed by atoms with Gasteiger partial charge in [-0.2, -0.15) is 4.31 Å². The number of carbonyl (C=O) groups is 3. The monoisotopic (exact) mass is 652 g/mol. The van der Waals surface area contributed by atoms with Crippen molar-refractivity contribution in [1.29, 1.82) is 0 Å². The van der Waals surface area contributed by atoms with Crippen LogP contribution in [0.5, 0.6) is 5.75 Å². The molecule has 46 heavy (non-hydrogen) atoms. The summed E-state index contributed by atoms with van der Waals surface area (Å²) in [6.45, 7) is 7.35. The molecule has 2 amide bonds. The minimum Gasteiger partial charge on any atom is -0.492 e. The first kappa shape index (κ1) is 33.6. The molecule has 0 radical (unpaired) electrons. The minimum atomic E-state index is -3.85. The Morgan fingerprint density at radius 3 is 2.50 bits per heavy atom. The van der Waals surface area contributed by atoms with E-state index in [9.17, 15) is 22.8 Å². The van der Waals surface area contributed by atoms with Gasteiger partial charge in [-0.1, -0.05) is 38.5 Å². The van der Waals surface area contributed by atoms with Gasteiger partial charge in [0.05, 0.1) is 17.5 Å². The van der Waals surface area contributed by atoms with E-state index >= 15 is 0 Å². The molecule has 12 heteroatoms. The first-order valence-electron chi connectivity index (χ1n) is 16.2. The lowest BCUT2D eigenvalue weighted by Gasteiger charge is -2.26. The number of carbonyl (C=O) groups excluding carboxylic acids is 3. The molecule has 2 fully saturated rings. The van der Waals surface area contributed by atoms with Crippen LogP contribution in [0, 0.1) is 5.92 Å². The number of furan rings is 1. The Morgan fingerprint density at radius 2 is 1.76 bits per heavy atom. The van der Waals surface area contributed by atoms with Crippen LogP contribution in [0.4, 0.5) is 0 Å². The van der Waals surface area contributed by atoms with Crippen molar-refractivity contribution in [2.24, 2.45) is 5.92 Å². The Balaban J connectivity index is 1.20. The third kappa shape index (κ3) is 8.54. The summed E-state index contributed by atoms with van der Waals surface area (Å²) in [6, 6.07) is 13.2. The van der Waals surface area contributed by atoms with Gasteiger partial charge in [-0.3, -0.25) is 19.3 Å². The fraction of sp³-hybridized carbons (Fsp3) is 0.500. The van der Waals surface area contributed by atoms with E-state index in [4.69, 9.17) is 9.15 Å². The summed E-state index contributed by atoms with van der Waals surface area (Å²) in [4.78, 5) is 42.4. The average molecular weight is 653 g/mol. The number of amides is 2.